The lowest BCUT2D eigenvalue weighted by atomic mass is 10.1. The number of nitrogens with zero attached hydrogens (tertiary/aromatic N) is 2. The fraction of sp³-hybridized carbons (Fsp3) is 0.118. The smallest absolute Gasteiger partial charge is 0.329 e. The maximum Gasteiger partial charge on any atom is 0.329 e. The number of benzene rings is 2. The summed E-state index contributed by atoms with van der Waals surface area (Å²) in [4.78, 5) is 0. The maximum absolute atomic E-state index is 6.21. The summed E-state index contributed by atoms with van der Waals surface area (Å²) in [6.07, 6.45) is 0. The minimum Gasteiger partial charge on any atom is -0.413 e. The van der Waals surface area contributed by atoms with E-state index in [2.05, 4.69) is 64.7 Å². The summed E-state index contributed by atoms with van der Waals surface area (Å²) in [7, 11) is 2.11. The van der Waals surface area contributed by atoms with Gasteiger partial charge in [0, 0.05) is 5.56 Å². The third kappa shape index (κ3) is 1.05. The van der Waals surface area contributed by atoms with Crippen molar-refractivity contribution in [3.8, 4) is 11.5 Å². The van der Waals surface area contributed by atoms with Crippen LogP contribution in [-0.2, 0) is 13.6 Å². The van der Waals surface area contributed by atoms with Gasteiger partial charge in [-0.1, -0.05) is 30.3 Å². The molecule has 0 fully saturated rings. The summed E-state index contributed by atoms with van der Waals surface area (Å²) in [5.41, 5.74) is 5.92. The predicted molar refractivity (Wildman–Crippen MR) is 77.4 cm³/mol. The van der Waals surface area contributed by atoms with Gasteiger partial charge in [0.25, 0.3) is 5.89 Å². The topological polar surface area (TPSA) is 21.9 Å². The standard InChI is InChI=1S/C17H13N2O/c1-18-14-9-5-4-8-13(14)15-16(18)19-10-11-6-2-3-7-12(11)17(19)20-15/h2-9H,10H2,1H3/q+1. The van der Waals surface area contributed by atoms with Gasteiger partial charge in [-0.15, -0.1) is 0 Å². The monoisotopic (exact) mass is 261 g/mol. The maximum atomic E-state index is 6.21. The molecule has 2 aromatic heterocycles. The Morgan fingerprint density at radius 3 is 2.80 bits per heavy atom. The Kier molecular flexibility index (Phi) is 1.70. The van der Waals surface area contributed by atoms with Gasteiger partial charge in [0.15, 0.2) is 0 Å². The van der Waals surface area contributed by atoms with Gasteiger partial charge in [-0.25, -0.2) is 4.57 Å². The highest BCUT2D eigenvalue weighted by Crippen LogP contribution is 2.35. The molecule has 0 unspecified atom stereocenters. The number of hydrogen-bond donors (Lipinski definition) is 0. The summed E-state index contributed by atoms with van der Waals surface area (Å²) in [6.45, 7) is 0.892. The van der Waals surface area contributed by atoms with Gasteiger partial charge in [0.1, 0.15) is 12.1 Å². The molecule has 0 saturated heterocycles. The van der Waals surface area contributed by atoms with Crippen LogP contribution in [-0.4, -0.2) is 4.57 Å². The molecule has 0 saturated carbocycles. The Morgan fingerprint density at radius 1 is 1.05 bits per heavy atom. The van der Waals surface area contributed by atoms with Crippen LogP contribution in [0.5, 0.6) is 0 Å². The van der Waals surface area contributed by atoms with Gasteiger partial charge < -0.3 is 4.42 Å². The second-order valence-electron chi connectivity index (χ2n) is 5.38. The minimum atomic E-state index is 0.892. The highest BCUT2D eigenvalue weighted by molar-refractivity contribution is 6.02. The lowest BCUT2D eigenvalue weighted by Gasteiger charge is -1.92. The Hall–Kier alpha value is -2.55. The molecular formula is C17H13N2O+. The molecular weight excluding hydrogens is 248 g/mol. The normalized spacial score (nSPS) is 13.1. The molecule has 0 amide bonds. The predicted octanol–water partition coefficient (Wildman–Crippen LogP) is 3.24. The Labute approximate surface area is 115 Å². The van der Waals surface area contributed by atoms with E-state index in [0.717, 1.165) is 23.7 Å². The van der Waals surface area contributed by atoms with E-state index in [9.17, 15) is 0 Å². The highest BCUT2D eigenvalue weighted by atomic mass is 16.4. The lowest BCUT2D eigenvalue weighted by Crippen LogP contribution is -2.32. The van der Waals surface area contributed by atoms with Crippen LogP contribution in [0.15, 0.2) is 52.9 Å². The first-order valence-electron chi connectivity index (χ1n) is 6.82. The fourth-order valence-corrected chi connectivity index (χ4v) is 3.38. The van der Waals surface area contributed by atoms with Gasteiger partial charge in [0.2, 0.25) is 5.58 Å². The van der Waals surface area contributed by atoms with Crippen LogP contribution >= 0.6 is 0 Å². The van der Waals surface area contributed by atoms with Crippen molar-refractivity contribution in [3.63, 3.8) is 0 Å². The van der Waals surface area contributed by atoms with Crippen molar-refractivity contribution in [1.29, 1.82) is 0 Å². The van der Waals surface area contributed by atoms with Crippen LogP contribution < -0.4 is 4.57 Å². The van der Waals surface area contributed by atoms with E-state index in [0.29, 0.717) is 0 Å². The molecule has 0 aliphatic carbocycles. The molecule has 96 valence electrons. The first-order chi connectivity index (χ1) is 9.84. The number of aromatic nitrogens is 2. The van der Waals surface area contributed by atoms with Crippen LogP contribution in [0.1, 0.15) is 5.56 Å². The summed E-state index contributed by atoms with van der Waals surface area (Å²) >= 11 is 0. The molecule has 0 spiro atoms. The number of para-hydroxylation sites is 1. The van der Waals surface area contributed by atoms with Crippen LogP contribution in [0.3, 0.4) is 0 Å². The molecule has 1 aliphatic rings. The molecule has 0 atom stereocenters. The summed E-state index contributed by atoms with van der Waals surface area (Å²) in [6, 6.07) is 16.9. The van der Waals surface area contributed by atoms with Crippen molar-refractivity contribution < 1.29 is 8.98 Å². The van der Waals surface area contributed by atoms with Crippen LogP contribution in [0.4, 0.5) is 0 Å². The van der Waals surface area contributed by atoms with Gasteiger partial charge >= 0.3 is 5.65 Å². The van der Waals surface area contributed by atoms with Gasteiger partial charge in [-0.3, -0.25) is 0 Å². The first kappa shape index (κ1) is 10.3. The van der Waals surface area contributed by atoms with Gasteiger partial charge in [-0.05, 0) is 18.2 Å². The van der Waals surface area contributed by atoms with Gasteiger partial charge in [-0.2, -0.15) is 4.57 Å². The average Bonchev–Trinajstić information content (AvgIpc) is 3.09. The van der Waals surface area contributed by atoms with E-state index in [1.54, 1.807) is 0 Å². The lowest BCUT2D eigenvalue weighted by molar-refractivity contribution is -0.652. The molecule has 3 nitrogen and oxygen atoms in total. The average molecular weight is 261 g/mol. The zero-order valence-corrected chi connectivity index (χ0v) is 11.1. The highest BCUT2D eigenvalue weighted by Gasteiger charge is 2.33. The third-order valence-corrected chi connectivity index (χ3v) is 4.31. The number of aryl methyl sites for hydroxylation is 1. The fourth-order valence-electron chi connectivity index (χ4n) is 3.38. The molecule has 2 aromatic carbocycles. The molecule has 0 bridgehead atoms. The van der Waals surface area contributed by atoms with E-state index >= 15 is 0 Å². The molecule has 5 rings (SSSR count). The molecule has 1 aliphatic heterocycles. The van der Waals surface area contributed by atoms with Crippen LogP contribution in [0.25, 0.3) is 33.6 Å². The van der Waals surface area contributed by atoms with Crippen molar-refractivity contribution in [1.82, 2.24) is 4.57 Å². The second kappa shape index (κ2) is 3.31. The van der Waals surface area contributed by atoms with E-state index < -0.39 is 0 Å². The van der Waals surface area contributed by atoms with Crippen molar-refractivity contribution in [2.75, 3.05) is 0 Å². The number of oxazole rings is 1. The Balaban J connectivity index is 1.97. The van der Waals surface area contributed by atoms with E-state index in [1.165, 1.54) is 22.0 Å². The van der Waals surface area contributed by atoms with Crippen LogP contribution in [0.2, 0.25) is 0 Å². The quantitative estimate of drug-likeness (QED) is 0.392. The SMILES string of the molecule is Cn1c2ccccc2c2oc3[n+](c21)Cc1ccccc1-3. The number of rotatable bonds is 0. The Bertz CT molecular complexity index is 991. The van der Waals surface area contributed by atoms with Crippen molar-refractivity contribution in [2.24, 2.45) is 7.05 Å². The molecule has 20 heavy (non-hydrogen) atoms. The third-order valence-electron chi connectivity index (χ3n) is 4.31. The summed E-state index contributed by atoms with van der Waals surface area (Å²) < 4.78 is 10.7. The minimum absolute atomic E-state index is 0.892. The molecule has 0 radical (unpaired) electrons. The van der Waals surface area contributed by atoms with E-state index in [1.807, 2.05) is 0 Å². The van der Waals surface area contributed by atoms with Crippen LogP contribution in [0, 0.1) is 0 Å². The molecule has 4 aromatic rings. The summed E-state index contributed by atoms with van der Waals surface area (Å²) in [5, 5.41) is 1.18. The van der Waals surface area contributed by atoms with Crippen molar-refractivity contribution in [2.45, 2.75) is 6.54 Å². The molecule has 3 heterocycles. The number of fused-ring (bicyclic) bond motifs is 7. The first-order valence-corrected chi connectivity index (χ1v) is 6.82. The van der Waals surface area contributed by atoms with E-state index in [-0.39, 0.29) is 0 Å². The zero-order chi connectivity index (χ0) is 13.3. The van der Waals surface area contributed by atoms with Gasteiger partial charge in [0.05, 0.1) is 18.0 Å². The zero-order valence-electron chi connectivity index (χ0n) is 11.1. The molecule has 3 heteroatoms. The van der Waals surface area contributed by atoms with Crippen molar-refractivity contribution in [3.05, 3.63) is 54.1 Å². The second-order valence-corrected chi connectivity index (χ2v) is 5.38. The largest absolute Gasteiger partial charge is 0.413 e. The van der Waals surface area contributed by atoms with Crippen molar-refractivity contribution >= 4 is 22.1 Å². The summed E-state index contributed by atoms with van der Waals surface area (Å²) in [5.74, 6) is 0.979. The number of hydrogen-bond acceptors (Lipinski definition) is 1. The molecule has 0 N–H and O–H groups in total. The Morgan fingerprint density at radius 2 is 1.85 bits per heavy atom. The van der Waals surface area contributed by atoms with E-state index in [4.69, 9.17) is 4.42 Å².